The molecule has 6 heteroatoms. The molecule has 0 saturated heterocycles. The second-order valence-electron chi connectivity index (χ2n) is 5.52. The smallest absolute Gasteiger partial charge is 0.0756 e. The minimum atomic E-state index is 0.0744. The first-order valence-electron chi connectivity index (χ1n) is 7.63. The largest absolute Gasteiger partial charge is 0.364 e. The van der Waals surface area contributed by atoms with Crippen LogP contribution >= 0.6 is 46.4 Å². The Hall–Kier alpha value is -0.930. The molecule has 0 aliphatic carbocycles. The number of alkyl halides is 2. The van der Waals surface area contributed by atoms with E-state index < -0.39 is 0 Å². The molecule has 3 rings (SSSR count). The average molecular weight is 402 g/mol. The summed E-state index contributed by atoms with van der Waals surface area (Å²) in [4.78, 5) is 7.03. The molecule has 2 nitrogen and oxygen atoms in total. The first-order chi connectivity index (χ1) is 11.7. The van der Waals surface area contributed by atoms with Gasteiger partial charge in [0.2, 0.25) is 0 Å². The van der Waals surface area contributed by atoms with Crippen molar-refractivity contribution in [2.75, 3.05) is 29.7 Å². The summed E-state index contributed by atoms with van der Waals surface area (Å²) in [5.74, 6) is 0.981. The zero-order valence-electron chi connectivity index (χ0n) is 12.9. The van der Waals surface area contributed by atoms with E-state index in [1.165, 1.54) is 0 Å². The molecule has 1 aliphatic rings. The first-order valence-corrected chi connectivity index (χ1v) is 9.46. The molecule has 2 aromatic rings. The van der Waals surface area contributed by atoms with Gasteiger partial charge in [0.05, 0.1) is 18.3 Å². The molecule has 24 heavy (non-hydrogen) atoms. The van der Waals surface area contributed by atoms with Crippen LogP contribution < -0.4 is 4.90 Å². The second-order valence-corrected chi connectivity index (χ2v) is 7.05. The lowest BCUT2D eigenvalue weighted by Crippen LogP contribution is -2.40. The lowest BCUT2D eigenvalue weighted by molar-refractivity contribution is 0.670. The van der Waals surface area contributed by atoms with Crippen molar-refractivity contribution in [3.05, 3.63) is 63.6 Å². The normalized spacial score (nSPS) is 17.2. The van der Waals surface area contributed by atoms with Gasteiger partial charge in [-0.1, -0.05) is 41.4 Å². The Morgan fingerprint density at radius 2 is 1.83 bits per heavy atom. The molecule has 0 N–H and O–H groups in total. The summed E-state index contributed by atoms with van der Waals surface area (Å²) < 4.78 is 0. The molecule has 1 unspecified atom stereocenters. The van der Waals surface area contributed by atoms with Gasteiger partial charge < -0.3 is 4.90 Å². The summed E-state index contributed by atoms with van der Waals surface area (Å²) in [6, 6.07) is 13.6. The Morgan fingerprint density at radius 1 is 1.04 bits per heavy atom. The van der Waals surface area contributed by atoms with Crippen molar-refractivity contribution in [3.63, 3.8) is 0 Å². The van der Waals surface area contributed by atoms with Crippen LogP contribution in [0.2, 0.25) is 10.0 Å². The van der Waals surface area contributed by atoms with E-state index in [9.17, 15) is 0 Å². The van der Waals surface area contributed by atoms with Crippen LogP contribution in [0.15, 0.2) is 47.5 Å². The molecular weight excluding hydrogens is 386 g/mol. The van der Waals surface area contributed by atoms with Crippen LogP contribution in [0.4, 0.5) is 5.69 Å². The summed E-state index contributed by atoms with van der Waals surface area (Å²) in [6.07, 6.45) is 0. The van der Waals surface area contributed by atoms with E-state index in [0.29, 0.717) is 34.9 Å². The third-order valence-corrected chi connectivity index (χ3v) is 5.15. The van der Waals surface area contributed by atoms with Crippen molar-refractivity contribution < 1.29 is 0 Å². The third-order valence-electron chi connectivity index (χ3n) is 4.06. The second kappa shape index (κ2) is 7.97. The van der Waals surface area contributed by atoms with E-state index in [4.69, 9.17) is 51.4 Å². The number of benzodiazepines with no additional fused rings is 1. The van der Waals surface area contributed by atoms with E-state index in [-0.39, 0.29) is 6.04 Å². The predicted octanol–water partition coefficient (Wildman–Crippen LogP) is 5.50. The fourth-order valence-electron chi connectivity index (χ4n) is 2.94. The quantitative estimate of drug-likeness (QED) is 0.617. The molecule has 0 spiro atoms. The van der Waals surface area contributed by atoms with Crippen molar-refractivity contribution in [3.8, 4) is 0 Å². The Kier molecular flexibility index (Phi) is 5.93. The van der Waals surface area contributed by atoms with Crippen LogP contribution in [0.5, 0.6) is 0 Å². The fourth-order valence-corrected chi connectivity index (χ4v) is 3.78. The van der Waals surface area contributed by atoms with Gasteiger partial charge in [0.25, 0.3) is 0 Å². The highest BCUT2D eigenvalue weighted by molar-refractivity contribution is 6.36. The Bertz CT molecular complexity index is 760. The molecule has 0 aromatic heterocycles. The highest BCUT2D eigenvalue weighted by Crippen LogP contribution is 2.33. The molecular formula is C18H16Cl4N2. The lowest BCUT2D eigenvalue weighted by Gasteiger charge is -2.31. The maximum absolute atomic E-state index is 6.41. The highest BCUT2D eigenvalue weighted by atomic mass is 35.5. The van der Waals surface area contributed by atoms with Gasteiger partial charge in [-0.3, -0.25) is 4.99 Å². The van der Waals surface area contributed by atoms with Crippen LogP contribution in [-0.2, 0) is 0 Å². The average Bonchev–Trinajstić information content (AvgIpc) is 2.73. The van der Waals surface area contributed by atoms with Gasteiger partial charge in [-0.25, -0.2) is 0 Å². The van der Waals surface area contributed by atoms with Gasteiger partial charge in [-0.2, -0.15) is 0 Å². The number of hydrogen-bond acceptors (Lipinski definition) is 2. The van der Waals surface area contributed by atoms with Crippen LogP contribution in [0.1, 0.15) is 11.1 Å². The van der Waals surface area contributed by atoms with E-state index in [1.807, 2.05) is 42.5 Å². The van der Waals surface area contributed by atoms with E-state index in [2.05, 4.69) is 4.90 Å². The molecule has 0 fully saturated rings. The minimum Gasteiger partial charge on any atom is -0.364 e. The molecule has 1 atom stereocenters. The third kappa shape index (κ3) is 3.52. The van der Waals surface area contributed by atoms with Gasteiger partial charge in [-0.05, 0) is 24.3 Å². The van der Waals surface area contributed by atoms with Crippen LogP contribution in [0.25, 0.3) is 0 Å². The Labute approximate surface area is 162 Å². The van der Waals surface area contributed by atoms with Gasteiger partial charge in [0.15, 0.2) is 0 Å². The summed E-state index contributed by atoms with van der Waals surface area (Å²) in [7, 11) is 0. The topological polar surface area (TPSA) is 15.6 Å². The molecule has 126 valence electrons. The summed E-state index contributed by atoms with van der Waals surface area (Å²) in [6.45, 7) is 1.27. The fraction of sp³-hybridized carbons (Fsp3) is 0.278. The Balaban J connectivity index is 2.20. The van der Waals surface area contributed by atoms with E-state index >= 15 is 0 Å². The number of aliphatic imine (C=N–C) groups is 1. The molecule has 1 aliphatic heterocycles. The van der Waals surface area contributed by atoms with Crippen LogP contribution in [0, 0.1) is 0 Å². The molecule has 2 aromatic carbocycles. The molecule has 0 amide bonds. The summed E-state index contributed by atoms with van der Waals surface area (Å²) >= 11 is 24.9. The van der Waals surface area contributed by atoms with E-state index in [1.54, 1.807) is 0 Å². The summed E-state index contributed by atoms with van der Waals surface area (Å²) in [5.41, 5.74) is 3.71. The zero-order valence-corrected chi connectivity index (χ0v) is 15.9. The van der Waals surface area contributed by atoms with Crippen molar-refractivity contribution in [1.82, 2.24) is 0 Å². The number of rotatable bonds is 4. The first kappa shape index (κ1) is 17.9. The van der Waals surface area contributed by atoms with Gasteiger partial charge in [0.1, 0.15) is 0 Å². The van der Waals surface area contributed by atoms with Crippen LogP contribution in [0.3, 0.4) is 0 Å². The Morgan fingerprint density at radius 3 is 2.54 bits per heavy atom. The maximum Gasteiger partial charge on any atom is 0.0756 e. The lowest BCUT2D eigenvalue weighted by atomic mass is 10.00. The molecule has 0 bridgehead atoms. The standard InChI is InChI=1S/C18H16Cl4N2/c19-7-8-24-13(10-20)11-23-18(14-3-1-2-4-16(14)22)15-9-12(21)5-6-17(15)24/h1-6,9,13H,7-8,10-11H2. The van der Waals surface area contributed by atoms with Crippen molar-refractivity contribution >= 4 is 57.8 Å². The monoisotopic (exact) mass is 400 g/mol. The van der Waals surface area contributed by atoms with Gasteiger partial charge in [0, 0.05) is 45.2 Å². The van der Waals surface area contributed by atoms with Crippen molar-refractivity contribution in [1.29, 1.82) is 0 Å². The number of fused-ring (bicyclic) bond motifs is 1. The number of benzene rings is 2. The van der Waals surface area contributed by atoms with Crippen molar-refractivity contribution in [2.45, 2.75) is 6.04 Å². The van der Waals surface area contributed by atoms with E-state index in [0.717, 1.165) is 22.5 Å². The maximum atomic E-state index is 6.41. The summed E-state index contributed by atoms with van der Waals surface area (Å²) in [5, 5.41) is 1.32. The van der Waals surface area contributed by atoms with Crippen LogP contribution in [-0.4, -0.2) is 36.6 Å². The number of anilines is 1. The van der Waals surface area contributed by atoms with Gasteiger partial charge in [-0.15, -0.1) is 23.2 Å². The highest BCUT2D eigenvalue weighted by Gasteiger charge is 2.26. The zero-order chi connectivity index (χ0) is 17.1. The molecule has 0 saturated carbocycles. The van der Waals surface area contributed by atoms with Crippen molar-refractivity contribution in [2.24, 2.45) is 4.99 Å². The molecule has 0 radical (unpaired) electrons. The number of nitrogens with zero attached hydrogens (tertiary/aromatic N) is 2. The minimum absolute atomic E-state index is 0.0744. The molecule has 1 heterocycles. The predicted molar refractivity (Wildman–Crippen MR) is 106 cm³/mol. The number of hydrogen-bond donors (Lipinski definition) is 0. The SMILES string of the molecule is ClCCN1c2ccc(Cl)cc2C(c2ccccc2Cl)=NCC1CCl. The number of halogens is 4. The van der Waals surface area contributed by atoms with Gasteiger partial charge >= 0.3 is 0 Å².